The molecule has 1 rings (SSSR count). The molecule has 0 aromatic carbocycles. The Kier molecular flexibility index (Phi) is 3.90. The fourth-order valence-corrected chi connectivity index (χ4v) is 7.93. The first-order valence-electron chi connectivity index (χ1n) is 5.80. The fourth-order valence-electron chi connectivity index (χ4n) is 1.74. The molecule has 0 aliphatic carbocycles. The number of hydrogen-bond donors (Lipinski definition) is 0. The summed E-state index contributed by atoms with van der Waals surface area (Å²) in [6.07, 6.45) is 0. The lowest BCUT2D eigenvalue weighted by atomic mass is 10.3. The molecule has 16 heavy (non-hydrogen) atoms. The largest absolute Gasteiger partial charge is 0.411 e. The van der Waals surface area contributed by atoms with Crippen LogP contribution in [0.15, 0.2) is 17.5 Å². The van der Waals surface area contributed by atoms with Crippen molar-refractivity contribution >= 4 is 27.7 Å². The normalized spacial score (nSPS) is 17.2. The summed E-state index contributed by atoms with van der Waals surface area (Å²) in [5.74, 6) is 0. The Morgan fingerprint density at radius 2 is 1.69 bits per heavy atom. The van der Waals surface area contributed by atoms with E-state index in [0.29, 0.717) is 0 Å². The molecule has 1 aromatic heterocycles. The van der Waals surface area contributed by atoms with Crippen molar-refractivity contribution in [2.75, 3.05) is 0 Å². The van der Waals surface area contributed by atoms with Crippen molar-refractivity contribution in [2.45, 2.75) is 51.4 Å². The van der Waals surface area contributed by atoms with Gasteiger partial charge in [0.25, 0.3) is 0 Å². The Bertz CT molecular complexity index is 335. The zero-order chi connectivity index (χ0) is 12.6. The molecule has 0 bridgehead atoms. The highest BCUT2D eigenvalue weighted by molar-refractivity contribution is 7.11. The SMILES string of the molecule is CC(O[Si](C)(C)C)(c1cccs1)[Si](C)(C)C. The maximum absolute atomic E-state index is 6.55. The van der Waals surface area contributed by atoms with E-state index in [1.54, 1.807) is 0 Å². The van der Waals surface area contributed by atoms with Crippen LogP contribution in [0.2, 0.25) is 39.3 Å². The summed E-state index contributed by atoms with van der Waals surface area (Å²) >= 11 is 1.83. The third-order valence-electron chi connectivity index (χ3n) is 2.93. The van der Waals surface area contributed by atoms with Gasteiger partial charge in [-0.25, -0.2) is 0 Å². The summed E-state index contributed by atoms with van der Waals surface area (Å²) in [7, 11) is -2.92. The van der Waals surface area contributed by atoms with E-state index >= 15 is 0 Å². The topological polar surface area (TPSA) is 9.23 Å². The van der Waals surface area contributed by atoms with Gasteiger partial charge in [-0.3, -0.25) is 0 Å². The first-order valence-corrected chi connectivity index (χ1v) is 13.6. The first kappa shape index (κ1) is 14.2. The summed E-state index contributed by atoms with van der Waals surface area (Å²) in [6.45, 7) is 16.3. The Morgan fingerprint density at radius 1 is 1.12 bits per heavy atom. The molecule has 0 saturated heterocycles. The molecular weight excluding hydrogens is 248 g/mol. The van der Waals surface area contributed by atoms with Crippen molar-refractivity contribution in [2.24, 2.45) is 0 Å². The summed E-state index contributed by atoms with van der Waals surface area (Å²) < 4.78 is 6.55. The molecule has 1 heterocycles. The summed E-state index contributed by atoms with van der Waals surface area (Å²) in [5, 5.41) is 2.12. The van der Waals surface area contributed by atoms with Crippen LogP contribution in [0.1, 0.15) is 11.8 Å². The molecule has 0 amide bonds. The molecule has 0 aliphatic heterocycles. The third-order valence-corrected chi connectivity index (χ3v) is 8.65. The smallest absolute Gasteiger partial charge is 0.184 e. The Labute approximate surface area is 106 Å². The van der Waals surface area contributed by atoms with Gasteiger partial charge in [0, 0.05) is 4.88 Å². The molecule has 0 N–H and O–H groups in total. The van der Waals surface area contributed by atoms with E-state index in [4.69, 9.17) is 4.43 Å². The van der Waals surface area contributed by atoms with Crippen molar-refractivity contribution in [3.8, 4) is 0 Å². The van der Waals surface area contributed by atoms with E-state index in [1.165, 1.54) is 4.88 Å². The van der Waals surface area contributed by atoms with Crippen LogP contribution in [-0.2, 0) is 9.65 Å². The highest BCUT2D eigenvalue weighted by Gasteiger charge is 2.45. The van der Waals surface area contributed by atoms with Crippen molar-refractivity contribution in [3.63, 3.8) is 0 Å². The van der Waals surface area contributed by atoms with Crippen LogP contribution < -0.4 is 0 Å². The van der Waals surface area contributed by atoms with Gasteiger partial charge in [-0.1, -0.05) is 25.7 Å². The molecule has 0 radical (unpaired) electrons. The van der Waals surface area contributed by atoms with Crippen molar-refractivity contribution < 1.29 is 4.43 Å². The monoisotopic (exact) mass is 272 g/mol. The maximum atomic E-state index is 6.55. The lowest BCUT2D eigenvalue weighted by Crippen LogP contribution is -2.53. The fraction of sp³-hybridized carbons (Fsp3) is 0.667. The van der Waals surface area contributed by atoms with Gasteiger partial charge in [0.2, 0.25) is 0 Å². The predicted molar refractivity (Wildman–Crippen MR) is 79.4 cm³/mol. The average Bonchev–Trinajstić information content (AvgIpc) is 2.49. The second kappa shape index (κ2) is 4.40. The zero-order valence-electron chi connectivity index (χ0n) is 11.5. The molecule has 4 heteroatoms. The molecule has 1 nitrogen and oxygen atoms in total. The van der Waals surface area contributed by atoms with E-state index < -0.39 is 16.4 Å². The van der Waals surface area contributed by atoms with Gasteiger partial charge in [-0.05, 0) is 38.0 Å². The molecule has 0 fully saturated rings. The molecule has 1 aromatic rings. The highest BCUT2D eigenvalue weighted by atomic mass is 32.1. The third kappa shape index (κ3) is 3.06. The summed E-state index contributed by atoms with van der Waals surface area (Å²) in [4.78, 5) is 1.40. The van der Waals surface area contributed by atoms with Crippen molar-refractivity contribution in [3.05, 3.63) is 22.4 Å². The summed E-state index contributed by atoms with van der Waals surface area (Å²) in [5.41, 5.74) is 0. The van der Waals surface area contributed by atoms with Crippen LogP contribution in [0.4, 0.5) is 0 Å². The Balaban J connectivity index is 3.14. The van der Waals surface area contributed by atoms with Crippen LogP contribution in [0, 0.1) is 0 Å². The van der Waals surface area contributed by atoms with Gasteiger partial charge in [-0.2, -0.15) is 0 Å². The van der Waals surface area contributed by atoms with Gasteiger partial charge in [-0.15, -0.1) is 11.3 Å². The number of rotatable bonds is 4. The number of thiophene rings is 1. The number of hydrogen-bond acceptors (Lipinski definition) is 2. The van der Waals surface area contributed by atoms with Gasteiger partial charge < -0.3 is 4.43 Å². The highest BCUT2D eigenvalue weighted by Crippen LogP contribution is 2.39. The molecule has 1 atom stereocenters. The minimum atomic E-state index is -1.52. The minimum absolute atomic E-state index is 0.0361. The Hall–Kier alpha value is 0.0938. The van der Waals surface area contributed by atoms with Gasteiger partial charge in [0.15, 0.2) is 8.32 Å². The molecular formula is C12H24OSSi2. The van der Waals surface area contributed by atoms with Gasteiger partial charge in [0.05, 0.1) is 13.3 Å². The van der Waals surface area contributed by atoms with Crippen LogP contribution in [0.25, 0.3) is 0 Å². The lowest BCUT2D eigenvalue weighted by Gasteiger charge is -2.44. The average molecular weight is 273 g/mol. The van der Waals surface area contributed by atoms with E-state index in [0.717, 1.165) is 0 Å². The maximum Gasteiger partial charge on any atom is 0.184 e. The zero-order valence-corrected chi connectivity index (χ0v) is 14.4. The molecule has 1 unspecified atom stereocenters. The van der Waals surface area contributed by atoms with E-state index in [1.807, 2.05) is 11.3 Å². The van der Waals surface area contributed by atoms with Crippen LogP contribution in [-0.4, -0.2) is 16.4 Å². The minimum Gasteiger partial charge on any atom is -0.411 e. The Morgan fingerprint density at radius 3 is 2.00 bits per heavy atom. The van der Waals surface area contributed by atoms with Crippen LogP contribution >= 0.6 is 11.3 Å². The van der Waals surface area contributed by atoms with E-state index in [-0.39, 0.29) is 5.22 Å². The quantitative estimate of drug-likeness (QED) is 0.722. The molecule has 0 saturated carbocycles. The first-order chi connectivity index (χ1) is 7.06. The van der Waals surface area contributed by atoms with Crippen LogP contribution in [0.3, 0.4) is 0 Å². The molecule has 0 spiro atoms. The molecule has 0 aliphatic rings. The van der Waals surface area contributed by atoms with Crippen molar-refractivity contribution in [1.29, 1.82) is 0 Å². The van der Waals surface area contributed by atoms with Crippen LogP contribution in [0.5, 0.6) is 0 Å². The second-order valence-corrected chi connectivity index (χ2v) is 17.3. The molecule has 92 valence electrons. The van der Waals surface area contributed by atoms with E-state index in [2.05, 4.69) is 63.7 Å². The second-order valence-electron chi connectivity index (χ2n) is 6.47. The predicted octanol–water partition coefficient (Wildman–Crippen LogP) is 4.69. The van der Waals surface area contributed by atoms with E-state index in [9.17, 15) is 0 Å². The van der Waals surface area contributed by atoms with Crippen molar-refractivity contribution in [1.82, 2.24) is 0 Å². The van der Waals surface area contributed by atoms with Gasteiger partial charge >= 0.3 is 0 Å². The standard InChI is InChI=1S/C12H24OSSi2/c1-12(15(2,3)4,13-16(5,6)7)11-9-8-10-14-11/h8-10H,1-7H3. The summed E-state index contributed by atoms with van der Waals surface area (Å²) in [6, 6.07) is 4.36. The van der Waals surface area contributed by atoms with Gasteiger partial charge in [0.1, 0.15) is 0 Å². The lowest BCUT2D eigenvalue weighted by molar-refractivity contribution is 0.161.